The van der Waals surface area contributed by atoms with E-state index in [4.69, 9.17) is 11.6 Å². The van der Waals surface area contributed by atoms with Gasteiger partial charge in [0.1, 0.15) is 0 Å². The third-order valence-electron chi connectivity index (χ3n) is 4.19. The van der Waals surface area contributed by atoms with Gasteiger partial charge in [-0.2, -0.15) is 0 Å². The first-order valence-electron chi connectivity index (χ1n) is 8.51. The molecule has 3 aromatic heterocycles. The minimum atomic E-state index is 0.466. The molecule has 2 aromatic carbocycles. The molecule has 0 unspecified atom stereocenters. The van der Waals surface area contributed by atoms with E-state index in [1.165, 1.54) is 4.80 Å². The van der Waals surface area contributed by atoms with Crippen LogP contribution >= 0.6 is 11.6 Å². The average molecular weight is 386 g/mol. The lowest BCUT2D eigenvalue weighted by Crippen LogP contribution is -2.06. The van der Waals surface area contributed by atoms with Gasteiger partial charge in [-0.25, -0.2) is 9.97 Å². The molecule has 28 heavy (non-hydrogen) atoms. The summed E-state index contributed by atoms with van der Waals surface area (Å²) in [7, 11) is 0. The number of aromatic nitrogens is 7. The number of pyridine rings is 1. The van der Waals surface area contributed by atoms with Crippen molar-refractivity contribution >= 4 is 22.5 Å². The van der Waals surface area contributed by atoms with Gasteiger partial charge in [-0.1, -0.05) is 35.9 Å². The van der Waals surface area contributed by atoms with Crippen molar-refractivity contribution in [1.82, 2.24) is 35.2 Å². The van der Waals surface area contributed by atoms with Gasteiger partial charge in [-0.05, 0) is 41.6 Å². The van der Waals surface area contributed by atoms with Crippen LogP contribution in [0.25, 0.3) is 39.5 Å². The number of fused-ring (bicyclic) bond motifs is 1. The fraction of sp³-hybridized carbons (Fsp3) is 0. The summed E-state index contributed by atoms with van der Waals surface area (Å²) in [5.41, 5.74) is 2.38. The number of halogens is 1. The third-order valence-corrected chi connectivity index (χ3v) is 4.42. The van der Waals surface area contributed by atoms with Gasteiger partial charge >= 0.3 is 0 Å². The zero-order valence-electron chi connectivity index (χ0n) is 14.4. The van der Waals surface area contributed by atoms with Crippen molar-refractivity contribution in [2.24, 2.45) is 0 Å². The van der Waals surface area contributed by atoms with E-state index in [1.807, 2.05) is 48.5 Å². The van der Waals surface area contributed by atoms with Gasteiger partial charge in [0, 0.05) is 33.9 Å². The Morgan fingerprint density at radius 1 is 0.821 bits per heavy atom. The molecule has 0 radical (unpaired) electrons. The quantitative estimate of drug-likeness (QED) is 0.467. The minimum Gasteiger partial charge on any atom is -0.264 e. The molecule has 0 bridgehead atoms. The Morgan fingerprint density at radius 2 is 1.71 bits per heavy atom. The number of rotatable bonds is 3. The van der Waals surface area contributed by atoms with Crippen LogP contribution in [0.1, 0.15) is 0 Å². The predicted octanol–water partition coefficient (Wildman–Crippen LogP) is 3.99. The SMILES string of the molecule is Clc1cccc(-c2nnn(-c3nc(-c4cccnc4)nc4ccccc34)n2)c1. The van der Waals surface area contributed by atoms with Gasteiger partial charge in [0.15, 0.2) is 11.6 Å². The molecule has 0 aliphatic carbocycles. The summed E-state index contributed by atoms with van der Waals surface area (Å²) in [6.45, 7) is 0. The molecule has 0 spiro atoms. The highest BCUT2D eigenvalue weighted by atomic mass is 35.5. The molecule has 5 rings (SSSR count). The van der Waals surface area contributed by atoms with Crippen LogP contribution in [0.5, 0.6) is 0 Å². The Morgan fingerprint density at radius 3 is 2.57 bits per heavy atom. The third kappa shape index (κ3) is 2.97. The number of benzene rings is 2. The lowest BCUT2D eigenvalue weighted by atomic mass is 10.2. The molecule has 134 valence electrons. The van der Waals surface area contributed by atoms with E-state index < -0.39 is 0 Å². The summed E-state index contributed by atoms with van der Waals surface area (Å²) in [5.74, 6) is 1.56. The van der Waals surface area contributed by atoms with Gasteiger partial charge in [-0.3, -0.25) is 4.98 Å². The first-order valence-corrected chi connectivity index (χ1v) is 8.89. The number of hydrogen-bond acceptors (Lipinski definition) is 6. The number of para-hydroxylation sites is 1. The van der Waals surface area contributed by atoms with Crippen molar-refractivity contribution in [2.75, 3.05) is 0 Å². The summed E-state index contributed by atoms with van der Waals surface area (Å²) in [6, 6.07) is 18.8. The molecule has 8 heteroatoms. The smallest absolute Gasteiger partial charge is 0.205 e. The van der Waals surface area contributed by atoms with Crippen LogP contribution in [0.4, 0.5) is 0 Å². The van der Waals surface area contributed by atoms with Gasteiger partial charge in [0.05, 0.1) is 5.52 Å². The van der Waals surface area contributed by atoms with Crippen LogP contribution in [0.2, 0.25) is 5.02 Å². The molecule has 0 atom stereocenters. The van der Waals surface area contributed by atoms with Crippen molar-refractivity contribution in [2.45, 2.75) is 0 Å². The first kappa shape index (κ1) is 16.5. The summed E-state index contributed by atoms with van der Waals surface area (Å²) >= 11 is 6.08. The Bertz CT molecular complexity index is 1280. The van der Waals surface area contributed by atoms with E-state index in [0.717, 1.165) is 22.0 Å². The summed E-state index contributed by atoms with van der Waals surface area (Å²) in [4.78, 5) is 14.9. The Balaban J connectivity index is 1.68. The minimum absolute atomic E-state index is 0.466. The Kier molecular flexibility index (Phi) is 3.99. The van der Waals surface area contributed by atoms with Crippen molar-refractivity contribution < 1.29 is 0 Å². The second kappa shape index (κ2) is 6.79. The van der Waals surface area contributed by atoms with Gasteiger partial charge in [0.2, 0.25) is 5.82 Å². The maximum Gasteiger partial charge on any atom is 0.205 e. The molecular formula is C20H12ClN7. The van der Waals surface area contributed by atoms with Crippen molar-refractivity contribution in [3.05, 3.63) is 78.1 Å². The van der Waals surface area contributed by atoms with E-state index in [-0.39, 0.29) is 0 Å². The number of nitrogens with zero attached hydrogens (tertiary/aromatic N) is 7. The molecule has 0 saturated heterocycles. The fourth-order valence-electron chi connectivity index (χ4n) is 2.88. The average Bonchev–Trinajstić information content (AvgIpc) is 3.24. The molecule has 0 N–H and O–H groups in total. The summed E-state index contributed by atoms with van der Waals surface area (Å²) < 4.78 is 0. The van der Waals surface area contributed by atoms with Crippen LogP contribution in [0.3, 0.4) is 0 Å². The first-order chi connectivity index (χ1) is 13.8. The molecule has 0 fully saturated rings. The van der Waals surface area contributed by atoms with Crippen LogP contribution in [-0.4, -0.2) is 35.2 Å². The van der Waals surface area contributed by atoms with E-state index in [2.05, 4.69) is 30.4 Å². The van der Waals surface area contributed by atoms with Crippen LogP contribution in [0.15, 0.2) is 73.1 Å². The molecule has 0 amide bonds. The maximum absolute atomic E-state index is 6.08. The standard InChI is InChI=1S/C20H12ClN7/c21-15-7-3-5-13(11-15)19-25-27-28(26-19)20-16-8-1-2-9-17(16)23-18(24-20)14-6-4-10-22-12-14/h1-12H. The van der Waals surface area contributed by atoms with E-state index in [1.54, 1.807) is 24.5 Å². The Labute approximate surface area is 164 Å². The zero-order valence-corrected chi connectivity index (χ0v) is 15.2. The number of hydrogen-bond donors (Lipinski definition) is 0. The van der Waals surface area contributed by atoms with E-state index in [0.29, 0.717) is 22.5 Å². The molecule has 3 heterocycles. The monoisotopic (exact) mass is 385 g/mol. The fourth-order valence-corrected chi connectivity index (χ4v) is 3.07. The van der Waals surface area contributed by atoms with Crippen molar-refractivity contribution in [3.8, 4) is 28.6 Å². The van der Waals surface area contributed by atoms with E-state index >= 15 is 0 Å². The van der Waals surface area contributed by atoms with Crippen LogP contribution in [0, 0.1) is 0 Å². The lowest BCUT2D eigenvalue weighted by Gasteiger charge is -2.07. The number of tetrazole rings is 1. The maximum atomic E-state index is 6.08. The van der Waals surface area contributed by atoms with Crippen molar-refractivity contribution in [1.29, 1.82) is 0 Å². The van der Waals surface area contributed by atoms with Gasteiger partial charge < -0.3 is 0 Å². The molecular weight excluding hydrogens is 374 g/mol. The largest absolute Gasteiger partial charge is 0.264 e. The second-order valence-electron chi connectivity index (χ2n) is 6.04. The normalized spacial score (nSPS) is 11.0. The molecule has 0 aliphatic rings. The molecule has 0 aliphatic heterocycles. The highest BCUT2D eigenvalue weighted by molar-refractivity contribution is 6.30. The molecule has 7 nitrogen and oxygen atoms in total. The highest BCUT2D eigenvalue weighted by Gasteiger charge is 2.15. The van der Waals surface area contributed by atoms with Crippen LogP contribution in [-0.2, 0) is 0 Å². The second-order valence-corrected chi connectivity index (χ2v) is 6.48. The molecule has 5 aromatic rings. The summed E-state index contributed by atoms with van der Waals surface area (Å²) in [5, 5.41) is 14.3. The van der Waals surface area contributed by atoms with Crippen molar-refractivity contribution in [3.63, 3.8) is 0 Å². The molecule has 0 saturated carbocycles. The summed E-state index contributed by atoms with van der Waals surface area (Å²) in [6.07, 6.45) is 3.43. The predicted molar refractivity (Wildman–Crippen MR) is 106 cm³/mol. The Hall–Kier alpha value is -3.71. The van der Waals surface area contributed by atoms with Gasteiger partial charge in [-0.15, -0.1) is 15.0 Å². The zero-order chi connectivity index (χ0) is 18.9. The van der Waals surface area contributed by atoms with Gasteiger partial charge in [0.25, 0.3) is 0 Å². The van der Waals surface area contributed by atoms with E-state index in [9.17, 15) is 0 Å². The topological polar surface area (TPSA) is 82.3 Å². The highest BCUT2D eigenvalue weighted by Crippen LogP contribution is 2.24. The lowest BCUT2D eigenvalue weighted by molar-refractivity contribution is 0.705. The van der Waals surface area contributed by atoms with Crippen LogP contribution < -0.4 is 0 Å².